The Morgan fingerprint density at radius 2 is 1.07 bits per heavy atom. The van der Waals surface area contributed by atoms with E-state index in [-0.39, 0.29) is 12.0 Å². The highest BCUT2D eigenvalue weighted by molar-refractivity contribution is 7.25. The van der Waals surface area contributed by atoms with E-state index < -0.39 is 0 Å². The van der Waals surface area contributed by atoms with E-state index in [0.29, 0.717) is 17.5 Å². The number of nitrogens with zero attached hydrogens (tertiary/aromatic N) is 3. The lowest BCUT2D eigenvalue weighted by atomic mass is 9.86. The molecule has 0 bridgehead atoms. The molecule has 254 valence electrons. The maximum absolute atomic E-state index is 6.32. The number of benzene rings is 7. The molecule has 3 heterocycles. The fourth-order valence-electron chi connectivity index (χ4n) is 8.00. The molecule has 1 aliphatic carbocycles. The van der Waals surface area contributed by atoms with Crippen molar-refractivity contribution in [3.63, 3.8) is 0 Å². The third kappa shape index (κ3) is 5.24. The van der Waals surface area contributed by atoms with E-state index in [1.54, 1.807) is 0 Å². The first kappa shape index (κ1) is 30.9. The Morgan fingerprint density at radius 3 is 1.93 bits per heavy atom. The predicted octanol–water partition coefficient (Wildman–Crippen LogP) is 12.7. The molecule has 1 aliphatic heterocycles. The summed E-state index contributed by atoms with van der Waals surface area (Å²) in [5.41, 5.74) is 8.77. The zero-order valence-corrected chi connectivity index (χ0v) is 29.9. The molecule has 0 N–H and O–H groups in total. The number of hydrogen-bond acceptors (Lipinski definition) is 5. The second-order valence-electron chi connectivity index (χ2n) is 13.9. The van der Waals surface area contributed by atoms with Crippen LogP contribution in [0.3, 0.4) is 0 Å². The maximum Gasteiger partial charge on any atom is 0.164 e. The van der Waals surface area contributed by atoms with Crippen molar-refractivity contribution in [2.45, 2.75) is 12.0 Å². The van der Waals surface area contributed by atoms with Crippen LogP contribution in [-0.4, -0.2) is 21.1 Å². The third-order valence-corrected chi connectivity index (χ3v) is 11.8. The third-order valence-electron chi connectivity index (χ3n) is 10.7. The summed E-state index contributed by atoms with van der Waals surface area (Å²) in [6.45, 7) is 0. The number of ether oxygens (including phenoxy) is 1. The quantitative estimate of drug-likeness (QED) is 0.178. The van der Waals surface area contributed by atoms with E-state index in [9.17, 15) is 0 Å². The van der Waals surface area contributed by atoms with Crippen LogP contribution in [0.25, 0.3) is 87.4 Å². The first-order chi connectivity index (χ1) is 26.7. The highest BCUT2D eigenvalue weighted by atomic mass is 32.1. The summed E-state index contributed by atoms with van der Waals surface area (Å²) in [6.07, 6.45) is 8.65. The molecule has 2 aromatic heterocycles. The molecular weight excluding hydrogens is 679 g/mol. The van der Waals surface area contributed by atoms with Crippen LogP contribution in [0.2, 0.25) is 0 Å². The molecule has 2 unspecified atom stereocenters. The van der Waals surface area contributed by atoms with Crippen LogP contribution in [-0.2, 0) is 0 Å². The number of aromatic nitrogens is 3. The lowest BCUT2D eigenvalue weighted by molar-refractivity contribution is 0.269. The summed E-state index contributed by atoms with van der Waals surface area (Å²) in [7, 11) is 0. The van der Waals surface area contributed by atoms with Gasteiger partial charge in [0.05, 0.1) is 0 Å². The first-order valence-electron chi connectivity index (χ1n) is 18.2. The van der Waals surface area contributed by atoms with Crippen molar-refractivity contribution < 1.29 is 4.74 Å². The summed E-state index contributed by atoms with van der Waals surface area (Å²) in [5.74, 6) is 3.12. The van der Waals surface area contributed by atoms with Crippen LogP contribution in [0.4, 0.5) is 0 Å². The van der Waals surface area contributed by atoms with Crippen molar-refractivity contribution in [2.75, 3.05) is 0 Å². The van der Waals surface area contributed by atoms with Gasteiger partial charge in [-0.25, -0.2) is 15.0 Å². The van der Waals surface area contributed by atoms with Gasteiger partial charge in [-0.15, -0.1) is 11.3 Å². The number of rotatable bonds is 5. The van der Waals surface area contributed by atoms with Gasteiger partial charge in [0.15, 0.2) is 17.5 Å². The van der Waals surface area contributed by atoms with Gasteiger partial charge < -0.3 is 4.74 Å². The first-order valence-corrected chi connectivity index (χ1v) is 19.1. The minimum atomic E-state index is 0.0524. The van der Waals surface area contributed by atoms with Crippen LogP contribution >= 0.6 is 11.3 Å². The molecule has 4 nitrogen and oxygen atoms in total. The fraction of sp³-hybridized carbons (Fsp3) is 0.0408. The summed E-state index contributed by atoms with van der Waals surface area (Å²) in [4.78, 5) is 15.4. The van der Waals surface area contributed by atoms with Gasteiger partial charge in [-0.2, -0.15) is 0 Å². The molecule has 9 aromatic rings. The van der Waals surface area contributed by atoms with E-state index >= 15 is 0 Å². The fourth-order valence-corrected chi connectivity index (χ4v) is 9.08. The van der Waals surface area contributed by atoms with Gasteiger partial charge in [-0.3, -0.25) is 0 Å². The van der Waals surface area contributed by atoms with Crippen molar-refractivity contribution >= 4 is 42.3 Å². The van der Waals surface area contributed by atoms with Crippen LogP contribution in [0.1, 0.15) is 11.5 Å². The standard InChI is InChI=1S/C49H31N3OS/c1-2-10-30(11-3-1)31-12-8-13-35(27-31)47-50-48(52-49(51-47)37-24-25-45-41(29-37)39-14-5-7-19-44(39)54-45)36-23-21-32-26-34(22-20-33(32)28-36)38-16-9-18-43-46(38)40-15-4-6-17-42(40)53-43/h1-29,40,42H. The second kappa shape index (κ2) is 12.5. The van der Waals surface area contributed by atoms with Gasteiger partial charge in [0.2, 0.25) is 0 Å². The average molecular weight is 710 g/mol. The van der Waals surface area contributed by atoms with E-state index in [1.807, 2.05) is 17.4 Å². The van der Waals surface area contributed by atoms with E-state index in [0.717, 1.165) is 44.3 Å². The lowest BCUT2D eigenvalue weighted by Gasteiger charge is -2.16. The van der Waals surface area contributed by atoms with Crippen molar-refractivity contribution in [1.82, 2.24) is 15.0 Å². The lowest BCUT2D eigenvalue weighted by Crippen LogP contribution is -2.15. The molecule has 7 aromatic carbocycles. The molecule has 0 fully saturated rings. The normalized spacial score (nSPS) is 15.8. The Labute approximate surface area is 316 Å². The van der Waals surface area contributed by atoms with Crippen molar-refractivity contribution in [3.05, 3.63) is 182 Å². The highest BCUT2D eigenvalue weighted by Gasteiger charge is 2.34. The number of allylic oxidation sites excluding steroid dienone is 2. The molecule has 0 saturated carbocycles. The predicted molar refractivity (Wildman–Crippen MR) is 223 cm³/mol. The molecule has 0 radical (unpaired) electrons. The zero-order chi connectivity index (χ0) is 35.6. The number of thiophene rings is 1. The summed E-state index contributed by atoms with van der Waals surface area (Å²) >= 11 is 1.81. The van der Waals surface area contributed by atoms with Gasteiger partial charge in [-0.1, -0.05) is 121 Å². The van der Waals surface area contributed by atoms with Crippen molar-refractivity contribution in [1.29, 1.82) is 0 Å². The van der Waals surface area contributed by atoms with Gasteiger partial charge in [0.1, 0.15) is 11.9 Å². The summed E-state index contributed by atoms with van der Waals surface area (Å²) in [5, 5.41) is 4.74. The van der Waals surface area contributed by atoms with E-state index in [4.69, 9.17) is 19.7 Å². The summed E-state index contributed by atoms with van der Waals surface area (Å²) in [6, 6.07) is 53.6. The van der Waals surface area contributed by atoms with Crippen LogP contribution in [0, 0.1) is 0 Å². The largest absolute Gasteiger partial charge is 0.485 e. The number of fused-ring (bicyclic) bond motifs is 7. The molecule has 2 atom stereocenters. The Morgan fingerprint density at radius 1 is 0.444 bits per heavy atom. The molecule has 11 rings (SSSR count). The Hall–Kier alpha value is -6.69. The topological polar surface area (TPSA) is 47.9 Å². The highest BCUT2D eigenvalue weighted by Crippen LogP contribution is 2.46. The monoisotopic (exact) mass is 709 g/mol. The average Bonchev–Trinajstić information content (AvgIpc) is 3.82. The van der Waals surface area contributed by atoms with Crippen LogP contribution < -0.4 is 4.74 Å². The van der Waals surface area contributed by atoms with E-state index in [1.165, 1.54) is 36.9 Å². The molecule has 54 heavy (non-hydrogen) atoms. The smallest absolute Gasteiger partial charge is 0.164 e. The Bertz CT molecular complexity index is 3000. The molecule has 0 amide bonds. The van der Waals surface area contributed by atoms with Crippen LogP contribution in [0.5, 0.6) is 5.75 Å². The second-order valence-corrected chi connectivity index (χ2v) is 15.0. The SMILES string of the molecule is C1=CC2Oc3cccc(-c4ccc5cc(-c6nc(-c7cccc(-c8ccccc8)c7)nc(-c7ccc8sc9ccccc9c8c7)n6)ccc5c4)c3C2C=C1. The Balaban J connectivity index is 1.03. The Kier molecular flexibility index (Phi) is 7.13. The van der Waals surface area contributed by atoms with E-state index in [2.05, 4.69) is 170 Å². The minimum absolute atomic E-state index is 0.0524. The minimum Gasteiger partial charge on any atom is -0.485 e. The molecule has 0 spiro atoms. The van der Waals surface area contributed by atoms with Crippen LogP contribution in [0.15, 0.2) is 176 Å². The number of hydrogen-bond donors (Lipinski definition) is 0. The molecule has 5 heteroatoms. The van der Waals surface area contributed by atoms with Crippen molar-refractivity contribution in [2.24, 2.45) is 0 Å². The van der Waals surface area contributed by atoms with Crippen molar-refractivity contribution in [3.8, 4) is 62.2 Å². The maximum atomic E-state index is 6.32. The van der Waals surface area contributed by atoms with Gasteiger partial charge in [0, 0.05) is 48.3 Å². The molecule has 0 saturated heterocycles. The van der Waals surface area contributed by atoms with Gasteiger partial charge in [0.25, 0.3) is 0 Å². The van der Waals surface area contributed by atoms with Gasteiger partial charge >= 0.3 is 0 Å². The summed E-state index contributed by atoms with van der Waals surface area (Å²) < 4.78 is 8.84. The zero-order valence-electron chi connectivity index (χ0n) is 29.1. The van der Waals surface area contributed by atoms with Gasteiger partial charge in [-0.05, 0) is 87.6 Å². The molecule has 2 aliphatic rings. The molecular formula is C49H31N3OS.